The van der Waals surface area contributed by atoms with Gasteiger partial charge in [0, 0.05) is 15.3 Å². The Labute approximate surface area is 131 Å². The van der Waals surface area contributed by atoms with E-state index in [1.807, 2.05) is 26.0 Å². The van der Waals surface area contributed by atoms with Gasteiger partial charge in [0.05, 0.1) is 6.61 Å². The van der Waals surface area contributed by atoms with Crippen molar-refractivity contribution in [3.8, 4) is 5.75 Å². The van der Waals surface area contributed by atoms with Gasteiger partial charge in [-0.1, -0.05) is 6.07 Å². The maximum absolute atomic E-state index is 12.2. The van der Waals surface area contributed by atoms with Crippen LogP contribution in [-0.2, 0) is 0 Å². The molecule has 1 amide bonds. The normalized spacial score (nSPS) is 10.2. The average molecular weight is 382 g/mol. The first-order chi connectivity index (χ1) is 9.60. The molecule has 5 heteroatoms. The molecule has 20 heavy (non-hydrogen) atoms. The van der Waals surface area contributed by atoms with Crippen LogP contribution in [0, 0.1) is 10.5 Å². The first kappa shape index (κ1) is 14.8. The molecule has 0 bridgehead atoms. The second kappa shape index (κ2) is 6.69. The van der Waals surface area contributed by atoms with E-state index in [2.05, 4.69) is 32.9 Å². The van der Waals surface area contributed by atoms with E-state index in [0.29, 0.717) is 23.7 Å². The van der Waals surface area contributed by atoms with Gasteiger partial charge in [0.1, 0.15) is 11.6 Å². The molecule has 0 saturated carbocycles. The van der Waals surface area contributed by atoms with E-state index in [-0.39, 0.29) is 5.91 Å². The number of pyridine rings is 1. The number of carbonyl (C=O) groups is 1. The number of rotatable bonds is 4. The smallest absolute Gasteiger partial charge is 0.256 e. The number of anilines is 1. The molecule has 2 aromatic rings. The number of aryl methyl sites for hydroxylation is 1. The Morgan fingerprint density at radius 1 is 1.40 bits per heavy atom. The number of hydrogen-bond donors (Lipinski definition) is 1. The van der Waals surface area contributed by atoms with Crippen molar-refractivity contribution in [1.29, 1.82) is 0 Å². The Morgan fingerprint density at radius 2 is 2.20 bits per heavy atom. The van der Waals surface area contributed by atoms with Crippen LogP contribution in [0.3, 0.4) is 0 Å². The number of aromatic nitrogens is 1. The van der Waals surface area contributed by atoms with Crippen LogP contribution in [0.5, 0.6) is 5.75 Å². The zero-order valence-corrected chi connectivity index (χ0v) is 13.5. The van der Waals surface area contributed by atoms with Crippen LogP contribution in [-0.4, -0.2) is 17.5 Å². The largest absolute Gasteiger partial charge is 0.494 e. The Balaban J connectivity index is 2.17. The predicted octanol–water partition coefficient (Wildman–Crippen LogP) is 3.65. The molecule has 2 rings (SSSR count). The number of halogens is 1. The van der Waals surface area contributed by atoms with Crippen LogP contribution in [0.4, 0.5) is 5.82 Å². The van der Waals surface area contributed by atoms with Crippen LogP contribution in [0.1, 0.15) is 22.8 Å². The number of benzene rings is 1. The summed E-state index contributed by atoms with van der Waals surface area (Å²) in [6.45, 7) is 4.40. The van der Waals surface area contributed by atoms with Gasteiger partial charge in [0.2, 0.25) is 0 Å². The molecule has 1 heterocycles. The van der Waals surface area contributed by atoms with E-state index < -0.39 is 0 Å². The third kappa shape index (κ3) is 3.69. The van der Waals surface area contributed by atoms with Crippen molar-refractivity contribution in [3.63, 3.8) is 0 Å². The standard InChI is InChI=1S/C15H15IN2O2/c1-3-20-13-6-4-5-11(8-13)15(19)18-14-10(2)7-12(16)9-17-14/h4-9H,3H2,1-2H3,(H,17,18,19). The summed E-state index contributed by atoms with van der Waals surface area (Å²) in [5.41, 5.74) is 1.49. The number of nitrogens with one attached hydrogen (secondary N) is 1. The number of hydrogen-bond acceptors (Lipinski definition) is 3. The van der Waals surface area contributed by atoms with Crippen molar-refractivity contribution in [2.75, 3.05) is 11.9 Å². The lowest BCUT2D eigenvalue weighted by Crippen LogP contribution is -2.14. The highest BCUT2D eigenvalue weighted by molar-refractivity contribution is 14.1. The zero-order valence-electron chi connectivity index (χ0n) is 11.3. The number of amides is 1. The van der Waals surface area contributed by atoms with Crippen LogP contribution in [0.15, 0.2) is 36.5 Å². The van der Waals surface area contributed by atoms with E-state index in [9.17, 15) is 4.79 Å². The Hall–Kier alpha value is -1.63. The first-order valence-electron chi connectivity index (χ1n) is 6.26. The summed E-state index contributed by atoms with van der Waals surface area (Å²) in [4.78, 5) is 16.4. The third-order valence-corrected chi connectivity index (χ3v) is 3.27. The topological polar surface area (TPSA) is 51.2 Å². The minimum atomic E-state index is -0.191. The molecule has 0 radical (unpaired) electrons. The molecule has 0 fully saturated rings. The SMILES string of the molecule is CCOc1cccc(C(=O)Nc2ncc(I)cc2C)c1. The first-order valence-corrected chi connectivity index (χ1v) is 7.34. The minimum absolute atomic E-state index is 0.191. The second-order valence-electron chi connectivity index (χ2n) is 4.23. The molecule has 0 atom stereocenters. The molecule has 0 unspecified atom stereocenters. The molecule has 0 aliphatic heterocycles. The second-order valence-corrected chi connectivity index (χ2v) is 5.48. The van der Waals surface area contributed by atoms with Crippen LogP contribution >= 0.6 is 22.6 Å². The highest BCUT2D eigenvalue weighted by Gasteiger charge is 2.09. The lowest BCUT2D eigenvalue weighted by atomic mass is 10.2. The van der Waals surface area contributed by atoms with Crippen LogP contribution in [0.2, 0.25) is 0 Å². The van der Waals surface area contributed by atoms with E-state index in [1.165, 1.54) is 0 Å². The fourth-order valence-electron chi connectivity index (χ4n) is 1.74. The molecule has 1 aromatic heterocycles. The summed E-state index contributed by atoms with van der Waals surface area (Å²) in [7, 11) is 0. The monoisotopic (exact) mass is 382 g/mol. The van der Waals surface area contributed by atoms with Crippen molar-refractivity contribution >= 4 is 34.3 Å². The van der Waals surface area contributed by atoms with E-state index >= 15 is 0 Å². The molecular weight excluding hydrogens is 367 g/mol. The van der Waals surface area contributed by atoms with Crippen molar-refractivity contribution < 1.29 is 9.53 Å². The van der Waals surface area contributed by atoms with Gasteiger partial charge >= 0.3 is 0 Å². The summed E-state index contributed by atoms with van der Waals surface area (Å²) in [6, 6.07) is 9.07. The number of ether oxygens (including phenoxy) is 1. The zero-order chi connectivity index (χ0) is 14.5. The van der Waals surface area contributed by atoms with Crippen molar-refractivity contribution in [1.82, 2.24) is 4.98 Å². The molecule has 0 spiro atoms. The molecule has 104 valence electrons. The predicted molar refractivity (Wildman–Crippen MR) is 87.3 cm³/mol. The van der Waals surface area contributed by atoms with Gasteiger partial charge in [0.25, 0.3) is 5.91 Å². The third-order valence-electron chi connectivity index (χ3n) is 2.68. The van der Waals surface area contributed by atoms with E-state index in [4.69, 9.17) is 4.74 Å². The maximum Gasteiger partial charge on any atom is 0.256 e. The van der Waals surface area contributed by atoms with Crippen molar-refractivity contribution in [2.24, 2.45) is 0 Å². The van der Waals surface area contributed by atoms with Gasteiger partial charge in [-0.05, 0) is 66.3 Å². The fraction of sp³-hybridized carbons (Fsp3) is 0.200. The van der Waals surface area contributed by atoms with Gasteiger partial charge in [-0.2, -0.15) is 0 Å². The molecule has 0 saturated heterocycles. The van der Waals surface area contributed by atoms with E-state index in [0.717, 1.165) is 9.13 Å². The molecular formula is C15H15IN2O2. The fourth-order valence-corrected chi connectivity index (χ4v) is 2.35. The highest BCUT2D eigenvalue weighted by atomic mass is 127. The summed E-state index contributed by atoms with van der Waals surface area (Å²) in [5.74, 6) is 1.08. The summed E-state index contributed by atoms with van der Waals surface area (Å²) < 4.78 is 6.43. The van der Waals surface area contributed by atoms with E-state index in [1.54, 1.807) is 24.4 Å². The summed E-state index contributed by atoms with van der Waals surface area (Å²) in [6.07, 6.45) is 1.72. The number of carbonyl (C=O) groups excluding carboxylic acids is 1. The van der Waals surface area contributed by atoms with Crippen LogP contribution < -0.4 is 10.1 Å². The summed E-state index contributed by atoms with van der Waals surface area (Å²) >= 11 is 2.19. The minimum Gasteiger partial charge on any atom is -0.494 e. The van der Waals surface area contributed by atoms with Crippen molar-refractivity contribution in [2.45, 2.75) is 13.8 Å². The van der Waals surface area contributed by atoms with Gasteiger partial charge in [-0.15, -0.1) is 0 Å². The highest BCUT2D eigenvalue weighted by Crippen LogP contribution is 2.17. The molecule has 1 N–H and O–H groups in total. The van der Waals surface area contributed by atoms with Crippen molar-refractivity contribution in [3.05, 3.63) is 51.2 Å². The van der Waals surface area contributed by atoms with Gasteiger partial charge in [0.15, 0.2) is 0 Å². The van der Waals surface area contributed by atoms with Gasteiger partial charge in [-0.25, -0.2) is 4.98 Å². The molecule has 4 nitrogen and oxygen atoms in total. The lowest BCUT2D eigenvalue weighted by molar-refractivity contribution is 0.102. The molecule has 1 aromatic carbocycles. The average Bonchev–Trinajstić information content (AvgIpc) is 2.42. The quantitative estimate of drug-likeness (QED) is 0.822. The van der Waals surface area contributed by atoms with Gasteiger partial charge < -0.3 is 10.1 Å². The molecule has 0 aliphatic rings. The van der Waals surface area contributed by atoms with Crippen LogP contribution in [0.25, 0.3) is 0 Å². The lowest BCUT2D eigenvalue weighted by Gasteiger charge is -2.09. The Morgan fingerprint density at radius 3 is 2.90 bits per heavy atom. The summed E-state index contributed by atoms with van der Waals surface area (Å²) in [5, 5.41) is 2.81. The maximum atomic E-state index is 12.2. The number of nitrogens with zero attached hydrogens (tertiary/aromatic N) is 1. The van der Waals surface area contributed by atoms with Gasteiger partial charge in [-0.3, -0.25) is 4.79 Å². The Kier molecular flexibility index (Phi) is 4.94. The molecule has 0 aliphatic carbocycles. The Bertz CT molecular complexity index is 629.